The van der Waals surface area contributed by atoms with Crippen molar-refractivity contribution in [2.24, 2.45) is 0 Å². The van der Waals surface area contributed by atoms with Gasteiger partial charge in [0, 0.05) is 29.0 Å². The van der Waals surface area contributed by atoms with E-state index in [1.807, 2.05) is 54.6 Å². The monoisotopic (exact) mass is 697 g/mol. The number of carbonyl (C=O) groups is 2. The molecule has 11 heteroatoms. The maximum absolute atomic E-state index is 14.5. The second-order valence-corrected chi connectivity index (χ2v) is 13.1. The molecule has 0 heterocycles. The number of benzene rings is 4. The molecule has 0 fully saturated rings. The third kappa shape index (κ3) is 8.19. The number of halogens is 2. The molecule has 0 radical (unpaired) electrons. The van der Waals surface area contributed by atoms with Gasteiger partial charge in [-0.2, -0.15) is 0 Å². The molecule has 4 aromatic rings. The fourth-order valence-electron chi connectivity index (χ4n) is 4.77. The number of sulfonamides is 1. The Hall–Kier alpha value is -3.86. The number of nitrogens with zero attached hydrogens (tertiary/aromatic N) is 2. The largest absolute Gasteiger partial charge is 0.495 e. The van der Waals surface area contributed by atoms with Gasteiger partial charge in [-0.25, -0.2) is 8.42 Å². The first kappa shape index (κ1) is 33.0. The lowest BCUT2D eigenvalue weighted by Gasteiger charge is -2.34. The molecule has 0 aliphatic carbocycles. The summed E-state index contributed by atoms with van der Waals surface area (Å²) < 4.78 is 35.6. The quantitative estimate of drug-likeness (QED) is 0.183. The van der Waals surface area contributed by atoms with Gasteiger partial charge in [-0.3, -0.25) is 13.9 Å². The maximum Gasteiger partial charge on any atom is 0.264 e. The number of methoxy groups -OCH3 is 1. The average Bonchev–Trinajstić information content (AvgIpc) is 3.02. The van der Waals surface area contributed by atoms with Crippen molar-refractivity contribution in [1.29, 1.82) is 0 Å². The van der Waals surface area contributed by atoms with E-state index in [2.05, 4.69) is 21.2 Å². The Labute approximate surface area is 271 Å². The molecule has 0 spiro atoms. The van der Waals surface area contributed by atoms with Crippen LogP contribution in [0.5, 0.6) is 5.75 Å². The Balaban J connectivity index is 1.84. The summed E-state index contributed by atoms with van der Waals surface area (Å²) >= 11 is 9.81. The summed E-state index contributed by atoms with van der Waals surface area (Å²) in [5.41, 5.74) is 1.70. The summed E-state index contributed by atoms with van der Waals surface area (Å²) in [5, 5.41) is 3.11. The van der Waals surface area contributed by atoms with Gasteiger partial charge >= 0.3 is 0 Å². The van der Waals surface area contributed by atoms with Crippen LogP contribution < -0.4 is 14.4 Å². The third-order valence-corrected chi connectivity index (χ3v) is 9.39. The Morgan fingerprint density at radius 1 is 0.909 bits per heavy atom. The van der Waals surface area contributed by atoms with Crippen molar-refractivity contribution >= 4 is 55.1 Å². The molecule has 0 aliphatic rings. The summed E-state index contributed by atoms with van der Waals surface area (Å²) in [6.45, 7) is 1.60. The molecule has 2 amide bonds. The van der Waals surface area contributed by atoms with Gasteiger partial charge in [0.1, 0.15) is 18.3 Å². The molecular weight excluding hydrogens is 666 g/mol. The summed E-state index contributed by atoms with van der Waals surface area (Å²) in [6.07, 6.45) is 0.221. The molecule has 0 unspecified atom stereocenters. The summed E-state index contributed by atoms with van der Waals surface area (Å²) in [5.74, 6) is -0.721. The zero-order valence-electron chi connectivity index (χ0n) is 24.3. The Morgan fingerprint density at radius 3 is 2.20 bits per heavy atom. The molecule has 4 rings (SSSR count). The van der Waals surface area contributed by atoms with E-state index in [0.717, 1.165) is 19.9 Å². The van der Waals surface area contributed by atoms with Crippen molar-refractivity contribution in [2.75, 3.05) is 24.5 Å². The molecule has 0 saturated carbocycles. The van der Waals surface area contributed by atoms with Gasteiger partial charge < -0.3 is 15.0 Å². The highest BCUT2D eigenvalue weighted by Gasteiger charge is 2.35. The van der Waals surface area contributed by atoms with Crippen LogP contribution >= 0.6 is 27.5 Å². The van der Waals surface area contributed by atoms with Gasteiger partial charge in [-0.15, -0.1) is 0 Å². The average molecular weight is 699 g/mol. The number of nitrogens with one attached hydrogen (secondary N) is 1. The van der Waals surface area contributed by atoms with E-state index in [9.17, 15) is 18.0 Å². The molecule has 0 aromatic heterocycles. The number of hydrogen-bond acceptors (Lipinski definition) is 5. The van der Waals surface area contributed by atoms with Crippen LogP contribution in [0.4, 0.5) is 5.69 Å². The van der Waals surface area contributed by atoms with E-state index in [-0.39, 0.29) is 40.2 Å². The van der Waals surface area contributed by atoms with Crippen molar-refractivity contribution in [3.8, 4) is 5.75 Å². The normalized spacial score (nSPS) is 11.8. The molecular formula is C33H33BrClN3O5S. The van der Waals surface area contributed by atoms with Crippen LogP contribution in [-0.4, -0.2) is 51.4 Å². The van der Waals surface area contributed by atoms with Crippen LogP contribution in [0.3, 0.4) is 0 Å². The van der Waals surface area contributed by atoms with Crippen molar-refractivity contribution in [3.05, 3.63) is 124 Å². The number of likely N-dealkylation sites (N-methyl/N-ethyl adjacent to an activating group) is 1. The Kier molecular flexibility index (Phi) is 11.4. The first-order valence-corrected chi connectivity index (χ1v) is 16.5. The number of hydrogen-bond donors (Lipinski definition) is 1. The summed E-state index contributed by atoms with van der Waals surface area (Å²) in [4.78, 5) is 29.5. The highest BCUT2D eigenvalue weighted by atomic mass is 79.9. The predicted octanol–water partition coefficient (Wildman–Crippen LogP) is 6.08. The molecule has 230 valence electrons. The van der Waals surface area contributed by atoms with E-state index in [1.165, 1.54) is 30.2 Å². The first-order chi connectivity index (χ1) is 21.1. The van der Waals surface area contributed by atoms with Crippen LogP contribution in [0, 0.1) is 0 Å². The minimum absolute atomic E-state index is 0.0158. The third-order valence-electron chi connectivity index (χ3n) is 6.88. The Morgan fingerprint density at radius 2 is 1.57 bits per heavy atom. The van der Waals surface area contributed by atoms with Crippen LogP contribution in [0.2, 0.25) is 5.02 Å². The van der Waals surface area contributed by atoms with E-state index in [1.54, 1.807) is 37.3 Å². The zero-order chi connectivity index (χ0) is 31.7. The molecule has 1 N–H and O–H groups in total. The van der Waals surface area contributed by atoms with Crippen molar-refractivity contribution in [1.82, 2.24) is 10.2 Å². The fourth-order valence-corrected chi connectivity index (χ4v) is 6.82. The molecule has 4 aromatic carbocycles. The molecule has 8 nitrogen and oxygen atoms in total. The van der Waals surface area contributed by atoms with E-state index in [4.69, 9.17) is 16.3 Å². The number of rotatable bonds is 13. The molecule has 1 atom stereocenters. The predicted molar refractivity (Wildman–Crippen MR) is 176 cm³/mol. The molecule has 0 aliphatic heterocycles. The van der Waals surface area contributed by atoms with Crippen LogP contribution in [0.1, 0.15) is 18.1 Å². The maximum atomic E-state index is 14.5. The van der Waals surface area contributed by atoms with Crippen LogP contribution in [-0.2, 0) is 32.6 Å². The number of amides is 2. The van der Waals surface area contributed by atoms with Gasteiger partial charge in [0.2, 0.25) is 11.8 Å². The Bertz CT molecular complexity index is 1690. The second kappa shape index (κ2) is 15.2. The van der Waals surface area contributed by atoms with Gasteiger partial charge in [0.25, 0.3) is 10.0 Å². The van der Waals surface area contributed by atoms with E-state index in [0.29, 0.717) is 6.54 Å². The van der Waals surface area contributed by atoms with Gasteiger partial charge in [-0.1, -0.05) is 88.2 Å². The van der Waals surface area contributed by atoms with Crippen LogP contribution in [0.15, 0.2) is 112 Å². The molecule has 44 heavy (non-hydrogen) atoms. The molecule has 0 bridgehead atoms. The van der Waals surface area contributed by atoms with Crippen molar-refractivity contribution in [2.45, 2.75) is 30.8 Å². The topological polar surface area (TPSA) is 96.0 Å². The van der Waals surface area contributed by atoms with E-state index < -0.39 is 28.5 Å². The lowest BCUT2D eigenvalue weighted by molar-refractivity contribution is -0.140. The summed E-state index contributed by atoms with van der Waals surface area (Å²) in [6, 6.07) is 28.2. The van der Waals surface area contributed by atoms with Gasteiger partial charge in [0.05, 0.1) is 17.7 Å². The SMILES string of the molecule is CCNC(=O)[C@@H](Cc1ccccc1)N(Cc1cccc(Br)c1)C(=O)CN(c1cc(Cl)ccc1OC)S(=O)(=O)c1ccccc1. The standard InChI is InChI=1S/C33H33BrClN3O5S/c1-3-36-33(40)30(20-24-11-6-4-7-12-24)37(22-25-13-10-14-26(34)19-25)32(39)23-38(29-21-27(35)17-18-31(29)43-2)44(41,42)28-15-8-5-9-16-28/h4-19,21,30H,3,20,22-23H2,1-2H3,(H,36,40)/t30-/m1/s1. The highest BCUT2D eigenvalue weighted by molar-refractivity contribution is 9.10. The van der Waals surface area contributed by atoms with Crippen molar-refractivity contribution < 1.29 is 22.7 Å². The number of ether oxygens (including phenoxy) is 1. The zero-order valence-corrected chi connectivity index (χ0v) is 27.5. The van der Waals surface area contributed by atoms with E-state index >= 15 is 0 Å². The van der Waals surface area contributed by atoms with Gasteiger partial charge in [0.15, 0.2) is 0 Å². The minimum Gasteiger partial charge on any atom is -0.495 e. The number of carbonyl (C=O) groups excluding carboxylic acids is 2. The lowest BCUT2D eigenvalue weighted by atomic mass is 10.0. The lowest BCUT2D eigenvalue weighted by Crippen LogP contribution is -2.53. The smallest absolute Gasteiger partial charge is 0.264 e. The second-order valence-electron chi connectivity index (χ2n) is 9.89. The fraction of sp³-hybridized carbons (Fsp3) is 0.212. The first-order valence-electron chi connectivity index (χ1n) is 13.9. The molecule has 0 saturated heterocycles. The van der Waals surface area contributed by atoms with Gasteiger partial charge in [-0.05, 0) is 60.5 Å². The van der Waals surface area contributed by atoms with Crippen LogP contribution in [0.25, 0.3) is 0 Å². The highest BCUT2D eigenvalue weighted by Crippen LogP contribution is 2.35. The number of anilines is 1. The minimum atomic E-state index is -4.29. The summed E-state index contributed by atoms with van der Waals surface area (Å²) in [7, 11) is -2.88. The van der Waals surface area contributed by atoms with Crippen molar-refractivity contribution in [3.63, 3.8) is 0 Å².